The molecule has 1 atom stereocenters. The van der Waals surface area contributed by atoms with Gasteiger partial charge in [-0.15, -0.1) is 0 Å². The number of carbonyl (C=O) groups is 2. The molecular formula is C24H25FN4O4S. The van der Waals surface area contributed by atoms with Gasteiger partial charge in [-0.1, -0.05) is 48.5 Å². The molecule has 0 saturated heterocycles. The van der Waals surface area contributed by atoms with Crippen LogP contribution < -0.4 is 20.5 Å². The summed E-state index contributed by atoms with van der Waals surface area (Å²) in [6.07, 6.45) is -0.0215. The molecule has 0 unspecified atom stereocenters. The molecule has 8 nitrogen and oxygen atoms in total. The van der Waals surface area contributed by atoms with Crippen LogP contribution >= 0.6 is 0 Å². The van der Waals surface area contributed by atoms with Crippen LogP contribution in [-0.2, 0) is 21.2 Å². The third kappa shape index (κ3) is 6.40. The highest BCUT2D eigenvalue weighted by atomic mass is 32.2. The molecule has 0 bridgehead atoms. The fraction of sp³-hybridized carbons (Fsp3) is 0.167. The number of nitrogens with zero attached hydrogens (tertiary/aromatic N) is 1. The zero-order valence-electron chi connectivity index (χ0n) is 18.7. The van der Waals surface area contributed by atoms with Crippen molar-refractivity contribution in [3.05, 3.63) is 95.8 Å². The Labute approximate surface area is 197 Å². The molecule has 0 aromatic heterocycles. The Morgan fingerprint density at radius 1 is 0.912 bits per heavy atom. The van der Waals surface area contributed by atoms with Crippen molar-refractivity contribution in [1.82, 2.24) is 15.6 Å². The van der Waals surface area contributed by atoms with Crippen LogP contribution in [0.4, 0.5) is 10.1 Å². The summed E-state index contributed by atoms with van der Waals surface area (Å²) in [5, 5.41) is 0. The predicted molar refractivity (Wildman–Crippen MR) is 127 cm³/mol. The number of sulfonamides is 1. The molecule has 0 aliphatic rings. The molecule has 3 aromatic carbocycles. The van der Waals surface area contributed by atoms with Crippen molar-refractivity contribution in [1.29, 1.82) is 0 Å². The number of hydrogen-bond acceptors (Lipinski definition) is 5. The van der Waals surface area contributed by atoms with E-state index in [1.165, 1.54) is 12.1 Å². The molecule has 3 aromatic rings. The molecule has 34 heavy (non-hydrogen) atoms. The molecule has 10 heteroatoms. The second kappa shape index (κ2) is 10.9. The van der Waals surface area contributed by atoms with Gasteiger partial charge in [-0.25, -0.2) is 12.8 Å². The quantitative estimate of drug-likeness (QED) is 0.425. The van der Waals surface area contributed by atoms with E-state index in [9.17, 15) is 22.4 Å². The van der Waals surface area contributed by atoms with E-state index in [1.54, 1.807) is 48.5 Å². The maximum absolute atomic E-state index is 14.1. The summed E-state index contributed by atoms with van der Waals surface area (Å²) in [6.45, 7) is 0. The number of carbonyl (C=O) groups excluding carboxylic acids is 2. The summed E-state index contributed by atoms with van der Waals surface area (Å²) in [5.41, 5.74) is 6.33. The third-order valence-electron chi connectivity index (χ3n) is 4.95. The molecule has 0 radical (unpaired) electrons. The van der Waals surface area contributed by atoms with Crippen LogP contribution in [0.2, 0.25) is 0 Å². The van der Waals surface area contributed by atoms with Gasteiger partial charge in [-0.05, 0) is 42.3 Å². The van der Waals surface area contributed by atoms with E-state index in [2.05, 4.69) is 15.6 Å². The number of rotatable bonds is 8. The zero-order chi connectivity index (χ0) is 24.7. The van der Waals surface area contributed by atoms with Crippen molar-refractivity contribution >= 4 is 27.5 Å². The largest absolute Gasteiger partial charge is 0.378 e. The van der Waals surface area contributed by atoms with Crippen LogP contribution in [0.5, 0.6) is 0 Å². The van der Waals surface area contributed by atoms with Crippen LogP contribution in [0.1, 0.15) is 15.9 Å². The molecule has 2 amide bonds. The van der Waals surface area contributed by atoms with Crippen LogP contribution in [0.25, 0.3) is 0 Å². The lowest BCUT2D eigenvalue weighted by Crippen LogP contribution is -2.53. The van der Waals surface area contributed by atoms with E-state index in [-0.39, 0.29) is 6.42 Å². The summed E-state index contributed by atoms with van der Waals surface area (Å²) < 4.78 is 42.0. The van der Waals surface area contributed by atoms with Gasteiger partial charge in [0.05, 0.1) is 0 Å². The first kappa shape index (κ1) is 24.9. The van der Waals surface area contributed by atoms with Crippen molar-refractivity contribution in [2.75, 3.05) is 19.0 Å². The molecule has 3 rings (SSSR count). The Balaban J connectivity index is 1.77. The van der Waals surface area contributed by atoms with Gasteiger partial charge in [0.15, 0.2) is 0 Å². The first-order chi connectivity index (χ1) is 16.2. The Hall–Kier alpha value is -3.76. The Morgan fingerprint density at radius 3 is 2.26 bits per heavy atom. The lowest BCUT2D eigenvalue weighted by molar-refractivity contribution is -0.123. The van der Waals surface area contributed by atoms with Crippen molar-refractivity contribution in [2.24, 2.45) is 0 Å². The standard InChI is InChI=1S/C24H25FN4O4S/c1-29(2)19-12-8-11-18(16-19)23(30)26-27-24(31)21(15-17-9-4-3-5-10-17)28-34(32,33)22-14-7-6-13-20(22)25/h3-14,16,21,28H,15H2,1-2H3,(H,26,30)(H,27,31)/t21-/m0/s1. The first-order valence-electron chi connectivity index (χ1n) is 10.4. The maximum atomic E-state index is 14.1. The number of amides is 2. The Bertz CT molecular complexity index is 1270. The van der Waals surface area contributed by atoms with Crippen molar-refractivity contribution in [3.63, 3.8) is 0 Å². The van der Waals surface area contributed by atoms with Gasteiger partial charge in [-0.2, -0.15) is 4.72 Å². The number of benzene rings is 3. The van der Waals surface area contributed by atoms with E-state index in [1.807, 2.05) is 25.1 Å². The fourth-order valence-corrected chi connectivity index (χ4v) is 4.43. The molecule has 0 aliphatic heterocycles. The second-order valence-electron chi connectivity index (χ2n) is 7.68. The topological polar surface area (TPSA) is 108 Å². The molecule has 0 aliphatic carbocycles. The van der Waals surface area contributed by atoms with Crippen LogP contribution in [0.15, 0.2) is 83.8 Å². The minimum absolute atomic E-state index is 0.0215. The van der Waals surface area contributed by atoms with E-state index >= 15 is 0 Å². The van der Waals surface area contributed by atoms with Crippen LogP contribution in [0, 0.1) is 5.82 Å². The number of halogens is 1. The minimum Gasteiger partial charge on any atom is -0.378 e. The van der Waals surface area contributed by atoms with Crippen molar-refractivity contribution in [2.45, 2.75) is 17.4 Å². The SMILES string of the molecule is CN(C)c1cccc(C(=O)NNC(=O)[C@H](Cc2ccccc2)NS(=O)(=O)c2ccccc2F)c1. The maximum Gasteiger partial charge on any atom is 0.269 e. The summed E-state index contributed by atoms with van der Waals surface area (Å²) in [5.74, 6) is -2.32. The summed E-state index contributed by atoms with van der Waals surface area (Å²) >= 11 is 0. The summed E-state index contributed by atoms with van der Waals surface area (Å²) in [4.78, 5) is 26.7. The molecule has 178 valence electrons. The van der Waals surface area contributed by atoms with Gasteiger partial charge in [0.25, 0.3) is 11.8 Å². The normalized spacial score (nSPS) is 12.0. The molecule has 3 N–H and O–H groups in total. The van der Waals surface area contributed by atoms with Crippen molar-refractivity contribution < 1.29 is 22.4 Å². The molecule has 0 fully saturated rings. The second-order valence-corrected chi connectivity index (χ2v) is 9.36. The zero-order valence-corrected chi connectivity index (χ0v) is 19.5. The van der Waals surface area contributed by atoms with Gasteiger partial charge >= 0.3 is 0 Å². The monoisotopic (exact) mass is 484 g/mol. The molecular weight excluding hydrogens is 459 g/mol. The predicted octanol–water partition coefficient (Wildman–Crippen LogP) is 2.24. The van der Waals surface area contributed by atoms with Crippen LogP contribution in [0.3, 0.4) is 0 Å². The van der Waals surface area contributed by atoms with Gasteiger partial charge in [-0.3, -0.25) is 20.4 Å². The van der Waals surface area contributed by atoms with Gasteiger partial charge in [0.2, 0.25) is 10.0 Å². The average Bonchev–Trinajstić information content (AvgIpc) is 2.82. The van der Waals surface area contributed by atoms with Crippen LogP contribution in [-0.4, -0.2) is 40.4 Å². The first-order valence-corrected chi connectivity index (χ1v) is 11.8. The molecule has 0 heterocycles. The van der Waals surface area contributed by atoms with E-state index in [0.717, 1.165) is 17.8 Å². The van der Waals surface area contributed by atoms with E-state index < -0.39 is 38.6 Å². The Kier molecular flexibility index (Phi) is 7.98. The lowest BCUT2D eigenvalue weighted by atomic mass is 10.1. The Morgan fingerprint density at radius 2 is 1.59 bits per heavy atom. The highest BCUT2D eigenvalue weighted by molar-refractivity contribution is 7.89. The van der Waals surface area contributed by atoms with Gasteiger partial charge in [0.1, 0.15) is 16.8 Å². The number of hydrogen-bond donors (Lipinski definition) is 3. The smallest absolute Gasteiger partial charge is 0.269 e. The number of nitrogens with one attached hydrogen (secondary N) is 3. The van der Waals surface area contributed by atoms with Gasteiger partial charge in [0, 0.05) is 25.3 Å². The highest BCUT2D eigenvalue weighted by Crippen LogP contribution is 2.15. The summed E-state index contributed by atoms with van der Waals surface area (Å²) in [6, 6.07) is 19.0. The lowest BCUT2D eigenvalue weighted by Gasteiger charge is -2.19. The summed E-state index contributed by atoms with van der Waals surface area (Å²) in [7, 11) is -0.709. The highest BCUT2D eigenvalue weighted by Gasteiger charge is 2.28. The number of anilines is 1. The molecule has 0 saturated carbocycles. The molecule has 0 spiro atoms. The fourth-order valence-electron chi connectivity index (χ4n) is 3.15. The van der Waals surface area contributed by atoms with E-state index in [0.29, 0.717) is 11.1 Å². The minimum atomic E-state index is -4.37. The average molecular weight is 485 g/mol. The third-order valence-corrected chi connectivity index (χ3v) is 6.45. The van der Waals surface area contributed by atoms with E-state index in [4.69, 9.17) is 0 Å². The van der Waals surface area contributed by atoms with Crippen molar-refractivity contribution in [3.8, 4) is 0 Å². The number of hydrazine groups is 1. The van der Waals surface area contributed by atoms with Gasteiger partial charge < -0.3 is 4.90 Å².